The lowest BCUT2D eigenvalue weighted by atomic mass is 9.99. The van der Waals surface area contributed by atoms with Crippen molar-refractivity contribution in [2.45, 2.75) is 46.6 Å². The number of ether oxygens (including phenoxy) is 1. The fourth-order valence-corrected chi connectivity index (χ4v) is 1.88. The van der Waals surface area contributed by atoms with Crippen molar-refractivity contribution < 1.29 is 9.53 Å². The van der Waals surface area contributed by atoms with Crippen LogP contribution in [0.1, 0.15) is 40.5 Å². The van der Waals surface area contributed by atoms with Gasteiger partial charge in [0, 0.05) is 5.33 Å². The number of hydrogen-bond acceptors (Lipinski definition) is 2. The topological polar surface area (TPSA) is 26.3 Å². The molecule has 2 nitrogen and oxygen atoms in total. The Hall–Kier alpha value is -0.570. The molecule has 0 unspecified atom stereocenters. The third-order valence-corrected chi connectivity index (χ3v) is 2.56. The molecular weight excluding hydrogens is 268 g/mol. The number of halogens is 1. The summed E-state index contributed by atoms with van der Waals surface area (Å²) in [5.74, 6) is -0.203. The van der Waals surface area contributed by atoms with E-state index in [2.05, 4.69) is 22.0 Å². The van der Waals surface area contributed by atoms with Crippen LogP contribution < -0.4 is 0 Å². The molecular formula is C13H21BrO2. The van der Waals surface area contributed by atoms with Gasteiger partial charge in [0.05, 0.1) is 11.7 Å². The maximum Gasteiger partial charge on any atom is 0.338 e. The van der Waals surface area contributed by atoms with Gasteiger partial charge in [-0.05, 0) is 32.3 Å². The van der Waals surface area contributed by atoms with Crippen LogP contribution in [0.3, 0.4) is 0 Å². The number of carbonyl (C=O) groups is 1. The minimum Gasteiger partial charge on any atom is -0.459 e. The van der Waals surface area contributed by atoms with Gasteiger partial charge < -0.3 is 4.74 Å². The summed E-state index contributed by atoms with van der Waals surface area (Å²) in [5, 5.41) is 0.714. The number of rotatable bonds is 3. The van der Waals surface area contributed by atoms with E-state index in [1.807, 2.05) is 33.8 Å². The lowest BCUT2D eigenvalue weighted by molar-refractivity contribution is -0.142. The van der Waals surface area contributed by atoms with Crippen LogP contribution in [0.2, 0.25) is 0 Å². The van der Waals surface area contributed by atoms with Crippen molar-refractivity contribution in [3.8, 4) is 0 Å². The van der Waals surface area contributed by atoms with Crippen LogP contribution in [-0.2, 0) is 9.53 Å². The van der Waals surface area contributed by atoms with E-state index in [0.717, 1.165) is 24.0 Å². The first-order valence-electron chi connectivity index (χ1n) is 5.81. The highest BCUT2D eigenvalue weighted by atomic mass is 79.9. The molecule has 0 spiro atoms. The predicted molar refractivity (Wildman–Crippen MR) is 71.8 cm³/mol. The van der Waals surface area contributed by atoms with Crippen molar-refractivity contribution in [1.29, 1.82) is 0 Å². The van der Waals surface area contributed by atoms with E-state index in [0.29, 0.717) is 5.33 Å². The summed E-state index contributed by atoms with van der Waals surface area (Å²) >= 11 is 3.37. The number of allylic oxidation sites excluding steroid dienone is 2. The minimum atomic E-state index is -0.203. The van der Waals surface area contributed by atoms with Gasteiger partial charge in [0.25, 0.3) is 0 Å². The summed E-state index contributed by atoms with van der Waals surface area (Å²) in [4.78, 5) is 11.6. The van der Waals surface area contributed by atoms with Gasteiger partial charge in [-0.1, -0.05) is 41.9 Å². The van der Waals surface area contributed by atoms with Crippen LogP contribution in [0.25, 0.3) is 0 Å². The normalized spacial score (nSPS) is 14.6. The van der Waals surface area contributed by atoms with Crippen molar-refractivity contribution in [2.24, 2.45) is 0 Å². The molecule has 0 heterocycles. The summed E-state index contributed by atoms with van der Waals surface area (Å²) < 4.78 is 5.15. The van der Waals surface area contributed by atoms with Gasteiger partial charge in [0.2, 0.25) is 0 Å². The Balaban J connectivity index is 0.00000106. The van der Waals surface area contributed by atoms with E-state index >= 15 is 0 Å². The molecule has 1 aliphatic rings. The van der Waals surface area contributed by atoms with E-state index in [-0.39, 0.29) is 12.1 Å². The van der Waals surface area contributed by atoms with E-state index in [4.69, 9.17) is 4.74 Å². The van der Waals surface area contributed by atoms with Crippen molar-refractivity contribution in [2.75, 3.05) is 5.33 Å². The zero-order valence-electron chi connectivity index (χ0n) is 10.5. The molecule has 0 N–H and O–H groups in total. The van der Waals surface area contributed by atoms with E-state index in [1.54, 1.807) is 0 Å². The van der Waals surface area contributed by atoms with Crippen LogP contribution >= 0.6 is 15.9 Å². The third kappa shape index (κ3) is 4.97. The minimum absolute atomic E-state index is 0.0538. The van der Waals surface area contributed by atoms with Crippen molar-refractivity contribution in [3.05, 3.63) is 23.3 Å². The van der Waals surface area contributed by atoms with Gasteiger partial charge in [0.15, 0.2) is 0 Å². The Morgan fingerprint density at radius 3 is 2.44 bits per heavy atom. The molecule has 0 aromatic heterocycles. The second kappa shape index (κ2) is 8.57. The van der Waals surface area contributed by atoms with Crippen LogP contribution in [0.15, 0.2) is 23.3 Å². The Labute approximate surface area is 107 Å². The maximum absolute atomic E-state index is 11.6. The van der Waals surface area contributed by atoms with Gasteiger partial charge in [-0.2, -0.15) is 0 Å². The van der Waals surface area contributed by atoms with E-state index < -0.39 is 0 Å². The quantitative estimate of drug-likeness (QED) is 0.579. The lowest BCUT2D eigenvalue weighted by Crippen LogP contribution is -2.16. The van der Waals surface area contributed by atoms with Gasteiger partial charge in [-0.15, -0.1) is 0 Å². The fourth-order valence-electron chi connectivity index (χ4n) is 1.34. The molecule has 3 heteroatoms. The van der Waals surface area contributed by atoms with Crippen LogP contribution in [0, 0.1) is 0 Å². The number of carbonyl (C=O) groups excluding carboxylic acids is 1. The number of alkyl halides is 1. The Morgan fingerprint density at radius 1 is 1.38 bits per heavy atom. The Kier molecular flexibility index (Phi) is 8.26. The zero-order valence-corrected chi connectivity index (χ0v) is 12.1. The van der Waals surface area contributed by atoms with E-state index in [9.17, 15) is 4.79 Å². The predicted octanol–water partition coefficient (Wildman–Crippen LogP) is 4.01. The highest BCUT2D eigenvalue weighted by Gasteiger charge is 2.17. The molecule has 0 aromatic rings. The second-order valence-corrected chi connectivity index (χ2v) is 4.07. The van der Waals surface area contributed by atoms with Crippen molar-refractivity contribution in [3.63, 3.8) is 0 Å². The lowest BCUT2D eigenvalue weighted by Gasteiger charge is -2.15. The summed E-state index contributed by atoms with van der Waals surface area (Å²) in [6.45, 7) is 7.72. The number of hydrogen-bond donors (Lipinski definition) is 0. The molecule has 0 radical (unpaired) electrons. The van der Waals surface area contributed by atoms with Gasteiger partial charge >= 0.3 is 5.97 Å². The first-order chi connectivity index (χ1) is 7.65. The van der Waals surface area contributed by atoms with Crippen molar-refractivity contribution >= 4 is 21.9 Å². The third-order valence-electron chi connectivity index (χ3n) is 1.96. The molecule has 0 bridgehead atoms. The zero-order chi connectivity index (χ0) is 12.6. The number of esters is 1. The Bertz CT molecular complexity index is 278. The second-order valence-electron chi connectivity index (χ2n) is 3.51. The molecule has 1 rings (SSSR count). The highest BCUT2D eigenvalue weighted by Crippen LogP contribution is 2.22. The fraction of sp³-hybridized carbons (Fsp3) is 0.615. The molecule has 16 heavy (non-hydrogen) atoms. The largest absolute Gasteiger partial charge is 0.459 e. The molecule has 0 atom stereocenters. The van der Waals surface area contributed by atoms with Crippen LogP contribution in [-0.4, -0.2) is 17.4 Å². The first-order valence-corrected chi connectivity index (χ1v) is 6.93. The monoisotopic (exact) mass is 288 g/mol. The maximum atomic E-state index is 11.6. The summed E-state index contributed by atoms with van der Waals surface area (Å²) in [5.41, 5.74) is 1.77. The van der Waals surface area contributed by atoms with Crippen LogP contribution in [0.5, 0.6) is 0 Å². The highest BCUT2D eigenvalue weighted by molar-refractivity contribution is 9.09. The molecule has 0 saturated heterocycles. The molecule has 0 aliphatic heterocycles. The standard InChI is InChI=1S/C11H15BrO2.C2H6/c1-8(2)14-11(13)10-6-4-3-5-9(10)7-12;1-2/h5-6,8H,3-4,7H2,1-2H3;1-2H3. The molecule has 0 fully saturated rings. The average molecular weight is 289 g/mol. The summed E-state index contributed by atoms with van der Waals surface area (Å²) in [6, 6.07) is 0. The van der Waals surface area contributed by atoms with Crippen LogP contribution in [0.4, 0.5) is 0 Å². The van der Waals surface area contributed by atoms with E-state index in [1.165, 1.54) is 0 Å². The molecule has 0 amide bonds. The van der Waals surface area contributed by atoms with Gasteiger partial charge in [-0.25, -0.2) is 4.79 Å². The first kappa shape index (κ1) is 15.4. The average Bonchev–Trinajstić information content (AvgIpc) is 2.30. The SMILES string of the molecule is CC.CC(C)OC(=O)C1=CCCC=C1CBr. The molecule has 1 aliphatic carbocycles. The van der Waals surface area contributed by atoms with Gasteiger partial charge in [-0.3, -0.25) is 0 Å². The Morgan fingerprint density at radius 2 is 1.94 bits per heavy atom. The van der Waals surface area contributed by atoms with Crippen molar-refractivity contribution in [1.82, 2.24) is 0 Å². The summed E-state index contributed by atoms with van der Waals surface area (Å²) in [6.07, 6.45) is 5.94. The molecule has 0 saturated carbocycles. The molecule has 92 valence electrons. The summed E-state index contributed by atoms with van der Waals surface area (Å²) in [7, 11) is 0. The van der Waals surface area contributed by atoms with Gasteiger partial charge in [0.1, 0.15) is 0 Å². The molecule has 0 aromatic carbocycles. The smallest absolute Gasteiger partial charge is 0.338 e.